The molecule has 1 aliphatic rings. The number of epoxide rings is 1. The van der Waals surface area contributed by atoms with Gasteiger partial charge in [-0.15, -0.1) is 0 Å². The quantitative estimate of drug-likeness (QED) is 0.159. The highest BCUT2D eigenvalue weighted by molar-refractivity contribution is 5.98. The van der Waals surface area contributed by atoms with Gasteiger partial charge >= 0.3 is 6.09 Å². The molecular formula is C39H40N2O6. The van der Waals surface area contributed by atoms with Crippen molar-refractivity contribution < 1.29 is 28.7 Å². The number of benzene rings is 4. The number of amides is 2. The summed E-state index contributed by atoms with van der Waals surface area (Å²) in [5, 5.41) is 5.72. The van der Waals surface area contributed by atoms with Crippen LogP contribution < -0.4 is 10.6 Å². The molecule has 1 saturated heterocycles. The van der Waals surface area contributed by atoms with E-state index >= 15 is 0 Å². The van der Waals surface area contributed by atoms with E-state index in [0.29, 0.717) is 13.0 Å². The Kier molecular flexibility index (Phi) is 11.3. The summed E-state index contributed by atoms with van der Waals surface area (Å²) in [6.45, 7) is 2.07. The fourth-order valence-corrected chi connectivity index (χ4v) is 5.51. The third-order valence-electron chi connectivity index (χ3n) is 8.33. The number of nitrogens with one attached hydrogen (secondary N) is 2. The summed E-state index contributed by atoms with van der Waals surface area (Å²) >= 11 is 0. The van der Waals surface area contributed by atoms with Crippen LogP contribution in [0.5, 0.6) is 0 Å². The van der Waals surface area contributed by atoms with Crippen molar-refractivity contribution in [1.29, 1.82) is 0 Å². The number of rotatable bonds is 16. The van der Waals surface area contributed by atoms with Gasteiger partial charge in [0.2, 0.25) is 5.91 Å². The smallest absolute Gasteiger partial charge is 0.408 e. The Morgan fingerprint density at radius 1 is 0.660 bits per heavy atom. The van der Waals surface area contributed by atoms with Crippen molar-refractivity contribution in [1.82, 2.24) is 10.6 Å². The lowest BCUT2D eigenvalue weighted by Crippen LogP contribution is -2.50. The Labute approximate surface area is 275 Å². The Bertz CT molecular complexity index is 1630. The first-order chi connectivity index (χ1) is 22.8. The van der Waals surface area contributed by atoms with Crippen molar-refractivity contribution in [3.8, 4) is 0 Å². The zero-order valence-corrected chi connectivity index (χ0v) is 26.5. The number of hydrogen-bond acceptors (Lipinski definition) is 6. The molecule has 0 unspecified atom stereocenters. The maximum Gasteiger partial charge on any atom is 0.408 e. The van der Waals surface area contributed by atoms with Crippen LogP contribution in [0.15, 0.2) is 121 Å². The van der Waals surface area contributed by atoms with Crippen molar-refractivity contribution in [3.05, 3.63) is 144 Å². The summed E-state index contributed by atoms with van der Waals surface area (Å²) in [5.41, 5.74) is 2.50. The molecule has 242 valence electrons. The average molecular weight is 633 g/mol. The van der Waals surface area contributed by atoms with Gasteiger partial charge in [-0.2, -0.15) is 0 Å². The van der Waals surface area contributed by atoms with Crippen LogP contribution in [0.4, 0.5) is 4.79 Å². The highest BCUT2D eigenvalue weighted by Gasteiger charge is 2.50. The van der Waals surface area contributed by atoms with Gasteiger partial charge < -0.3 is 20.1 Å². The molecule has 1 heterocycles. The molecule has 0 radical (unpaired) electrons. The summed E-state index contributed by atoms with van der Waals surface area (Å²) in [5.74, 6) is -1.73. The number of carbonyl (C=O) groups is 4. The zero-order chi connectivity index (χ0) is 33.1. The molecule has 0 bridgehead atoms. The van der Waals surface area contributed by atoms with Gasteiger partial charge in [0.05, 0.1) is 18.7 Å². The monoisotopic (exact) mass is 632 g/mol. The lowest BCUT2D eigenvalue weighted by atomic mass is 9.88. The number of alkyl carbamates (subject to hydrolysis) is 1. The highest BCUT2D eigenvalue weighted by Crippen LogP contribution is 2.29. The van der Waals surface area contributed by atoms with Crippen molar-refractivity contribution in [2.75, 3.05) is 6.61 Å². The molecule has 5 rings (SSSR count). The molecular weight excluding hydrogens is 592 g/mol. The summed E-state index contributed by atoms with van der Waals surface area (Å²) in [6, 6.07) is 35.8. The van der Waals surface area contributed by atoms with E-state index in [0.717, 1.165) is 22.3 Å². The van der Waals surface area contributed by atoms with E-state index in [4.69, 9.17) is 9.47 Å². The molecule has 0 saturated carbocycles. The van der Waals surface area contributed by atoms with Crippen LogP contribution >= 0.6 is 0 Å². The van der Waals surface area contributed by atoms with Gasteiger partial charge in [-0.25, -0.2) is 4.79 Å². The van der Waals surface area contributed by atoms with Crippen LogP contribution in [0.25, 0.3) is 0 Å². The summed E-state index contributed by atoms with van der Waals surface area (Å²) in [7, 11) is 0. The van der Waals surface area contributed by atoms with E-state index in [1.54, 1.807) is 6.92 Å². The molecule has 4 aromatic carbocycles. The second kappa shape index (κ2) is 16.0. The maximum atomic E-state index is 14.0. The minimum absolute atomic E-state index is 0.0530. The van der Waals surface area contributed by atoms with Crippen LogP contribution in [-0.4, -0.2) is 47.9 Å². The third-order valence-corrected chi connectivity index (χ3v) is 8.33. The number of carbonyl (C=O) groups excluding carboxylic acids is 4. The zero-order valence-electron chi connectivity index (χ0n) is 26.5. The van der Waals surface area contributed by atoms with Gasteiger partial charge in [0.1, 0.15) is 12.2 Å². The van der Waals surface area contributed by atoms with Gasteiger partial charge in [-0.1, -0.05) is 121 Å². The first kappa shape index (κ1) is 33.3. The number of hydrogen-bond donors (Lipinski definition) is 2. The topological polar surface area (TPSA) is 114 Å². The second-order valence-corrected chi connectivity index (χ2v) is 12.1. The molecule has 1 aliphatic heterocycles. The van der Waals surface area contributed by atoms with E-state index in [1.165, 1.54) is 0 Å². The minimum atomic E-state index is -0.942. The number of ketones is 2. The van der Waals surface area contributed by atoms with Gasteiger partial charge in [0.15, 0.2) is 11.6 Å². The Hall–Kier alpha value is -5.08. The lowest BCUT2D eigenvalue weighted by molar-refractivity contribution is -0.134. The SMILES string of the molecule is C[C@]1(C(=O)[C@H](Cc2ccccc2)NC(=O)[C@@H](CC(=O)[C@@H](Cc2ccccc2)NC(=O)OCc2ccccc2)Cc2ccccc2)CO1. The Balaban J connectivity index is 1.34. The molecule has 0 spiro atoms. The van der Waals surface area contributed by atoms with Gasteiger partial charge in [0, 0.05) is 12.3 Å². The van der Waals surface area contributed by atoms with Gasteiger partial charge in [0.25, 0.3) is 0 Å². The molecule has 0 aromatic heterocycles. The molecule has 47 heavy (non-hydrogen) atoms. The van der Waals surface area contributed by atoms with Crippen LogP contribution in [0.1, 0.15) is 35.6 Å². The van der Waals surface area contributed by atoms with E-state index in [2.05, 4.69) is 10.6 Å². The van der Waals surface area contributed by atoms with Crippen molar-refractivity contribution in [2.24, 2.45) is 5.92 Å². The van der Waals surface area contributed by atoms with Crippen LogP contribution in [0, 0.1) is 5.92 Å². The summed E-state index contributed by atoms with van der Waals surface area (Å²) < 4.78 is 10.9. The summed E-state index contributed by atoms with van der Waals surface area (Å²) in [4.78, 5) is 54.4. The molecule has 8 heteroatoms. The fourth-order valence-electron chi connectivity index (χ4n) is 5.51. The van der Waals surface area contributed by atoms with Gasteiger partial charge in [-0.3, -0.25) is 14.4 Å². The van der Waals surface area contributed by atoms with Crippen molar-refractivity contribution in [2.45, 2.75) is 56.9 Å². The van der Waals surface area contributed by atoms with Crippen LogP contribution in [0.2, 0.25) is 0 Å². The minimum Gasteiger partial charge on any atom is -0.445 e. The van der Waals surface area contributed by atoms with Crippen LogP contribution in [-0.2, 0) is 49.7 Å². The molecule has 4 aromatic rings. The Morgan fingerprint density at radius 3 is 1.60 bits per heavy atom. The molecule has 1 fully saturated rings. The van der Waals surface area contributed by atoms with E-state index in [1.807, 2.05) is 121 Å². The third kappa shape index (κ3) is 9.95. The molecule has 8 nitrogen and oxygen atoms in total. The standard InChI is InChI=1S/C39H40N2O6/c1-39(27-47-39)36(43)34(24-30-18-10-4-11-19-30)40-37(44)32(22-28-14-6-2-7-15-28)25-35(42)33(23-29-16-8-3-9-17-29)41-38(45)46-26-31-20-12-5-13-21-31/h2-21,32-34H,22-27H2,1H3,(H,40,44)(H,41,45)/t32-,33-,34+,39-/m1/s1. The maximum absolute atomic E-state index is 14.0. The first-order valence-corrected chi connectivity index (χ1v) is 15.9. The molecule has 2 N–H and O–H groups in total. The largest absolute Gasteiger partial charge is 0.445 e. The van der Waals surface area contributed by atoms with Crippen molar-refractivity contribution >= 4 is 23.6 Å². The number of ether oxygens (including phenoxy) is 2. The molecule has 0 aliphatic carbocycles. The first-order valence-electron chi connectivity index (χ1n) is 15.9. The van der Waals surface area contributed by atoms with Crippen molar-refractivity contribution in [3.63, 3.8) is 0 Å². The lowest BCUT2D eigenvalue weighted by Gasteiger charge is -2.25. The Morgan fingerprint density at radius 2 is 1.11 bits per heavy atom. The van der Waals surface area contributed by atoms with E-state index in [9.17, 15) is 19.2 Å². The number of Topliss-reactive ketones (excluding diaryl/α,β-unsaturated/α-hetero) is 2. The molecule has 4 atom stereocenters. The molecule has 2 amide bonds. The highest BCUT2D eigenvalue weighted by atomic mass is 16.6. The predicted molar refractivity (Wildman–Crippen MR) is 178 cm³/mol. The predicted octanol–water partition coefficient (Wildman–Crippen LogP) is 5.43. The average Bonchev–Trinajstić information content (AvgIpc) is 3.86. The normalized spacial score (nSPS) is 17.0. The summed E-state index contributed by atoms with van der Waals surface area (Å²) in [6.07, 6.45) is -0.0863. The van der Waals surface area contributed by atoms with Gasteiger partial charge in [-0.05, 0) is 48.4 Å². The van der Waals surface area contributed by atoms with E-state index < -0.39 is 35.6 Å². The van der Waals surface area contributed by atoms with Crippen LogP contribution in [0.3, 0.4) is 0 Å². The fraction of sp³-hybridized carbons (Fsp3) is 0.282. The van der Waals surface area contributed by atoms with E-state index in [-0.39, 0.29) is 37.4 Å². The second-order valence-electron chi connectivity index (χ2n) is 12.1.